The monoisotopic (exact) mass is 521 g/mol. The van der Waals surface area contributed by atoms with E-state index in [4.69, 9.17) is 16.6 Å². The lowest BCUT2D eigenvalue weighted by molar-refractivity contribution is -0.137. The van der Waals surface area contributed by atoms with Crippen molar-refractivity contribution in [1.29, 1.82) is 0 Å². The minimum atomic E-state index is -4.52. The van der Waals surface area contributed by atoms with Crippen LogP contribution >= 0.6 is 11.6 Å². The van der Waals surface area contributed by atoms with Gasteiger partial charge in [0.2, 0.25) is 5.91 Å². The average molecular weight is 522 g/mol. The van der Waals surface area contributed by atoms with Crippen LogP contribution in [0.5, 0.6) is 0 Å². The number of pyridine rings is 1. The molecule has 2 aromatic heterocycles. The number of para-hydroxylation sites is 1. The van der Waals surface area contributed by atoms with Crippen LogP contribution in [-0.4, -0.2) is 15.9 Å². The number of anilines is 1. The maximum absolute atomic E-state index is 13.1. The Balaban J connectivity index is 1.38. The van der Waals surface area contributed by atoms with Gasteiger partial charge in [0.1, 0.15) is 0 Å². The number of fused-ring (bicyclic) bond motifs is 2. The molecule has 0 atom stereocenters. The molecule has 3 aromatic carbocycles. The second-order valence-electron chi connectivity index (χ2n) is 9.01. The number of aryl methyl sites for hydroxylation is 2. The number of rotatable bonds is 6. The van der Waals surface area contributed by atoms with Gasteiger partial charge >= 0.3 is 6.18 Å². The molecule has 188 valence electrons. The van der Waals surface area contributed by atoms with Crippen molar-refractivity contribution in [2.24, 2.45) is 0 Å². The lowest BCUT2D eigenvalue weighted by Gasteiger charge is -2.12. The maximum atomic E-state index is 13.1. The number of H-pyrrole nitrogens is 1. The largest absolute Gasteiger partial charge is 0.416 e. The van der Waals surface area contributed by atoms with Gasteiger partial charge in [-0.1, -0.05) is 47.5 Å². The van der Waals surface area contributed by atoms with Crippen molar-refractivity contribution in [3.63, 3.8) is 0 Å². The Labute approximate surface area is 216 Å². The Morgan fingerprint density at radius 2 is 1.84 bits per heavy atom. The van der Waals surface area contributed by atoms with Gasteiger partial charge in [-0.25, -0.2) is 4.98 Å². The fourth-order valence-corrected chi connectivity index (χ4v) is 4.65. The van der Waals surface area contributed by atoms with Gasteiger partial charge < -0.3 is 10.3 Å². The second kappa shape index (κ2) is 9.90. The van der Waals surface area contributed by atoms with Crippen LogP contribution in [0.25, 0.3) is 33.2 Å². The number of hydrogen-bond donors (Lipinski definition) is 2. The Morgan fingerprint density at radius 1 is 1.03 bits per heavy atom. The first-order valence-electron chi connectivity index (χ1n) is 11.8. The van der Waals surface area contributed by atoms with Crippen LogP contribution in [0.15, 0.2) is 72.8 Å². The van der Waals surface area contributed by atoms with Gasteiger partial charge in [0.15, 0.2) is 0 Å². The maximum Gasteiger partial charge on any atom is 0.416 e. The van der Waals surface area contributed by atoms with E-state index in [0.29, 0.717) is 12.8 Å². The van der Waals surface area contributed by atoms with Crippen molar-refractivity contribution in [1.82, 2.24) is 9.97 Å². The number of alkyl halides is 3. The summed E-state index contributed by atoms with van der Waals surface area (Å²) in [5.41, 5.74) is 4.81. The normalized spacial score (nSPS) is 11.8. The molecular formula is C29H23ClF3N3O. The van der Waals surface area contributed by atoms with Crippen molar-refractivity contribution in [3.05, 3.63) is 94.5 Å². The van der Waals surface area contributed by atoms with Gasteiger partial charge in [0.05, 0.1) is 33.2 Å². The summed E-state index contributed by atoms with van der Waals surface area (Å²) in [6, 6.07) is 21.0. The van der Waals surface area contributed by atoms with Crippen LogP contribution in [0.3, 0.4) is 0 Å². The number of amides is 1. The molecule has 37 heavy (non-hydrogen) atoms. The third-order valence-corrected chi connectivity index (χ3v) is 6.64. The van der Waals surface area contributed by atoms with Gasteiger partial charge in [-0.2, -0.15) is 13.2 Å². The van der Waals surface area contributed by atoms with Gasteiger partial charge in [-0.05, 0) is 67.8 Å². The minimum absolute atomic E-state index is 0.0507. The number of carbonyl (C=O) groups excluding carboxylic acids is 1. The molecule has 0 fully saturated rings. The first-order valence-corrected chi connectivity index (χ1v) is 12.2. The van der Waals surface area contributed by atoms with E-state index in [9.17, 15) is 18.0 Å². The zero-order valence-electron chi connectivity index (χ0n) is 19.9. The van der Waals surface area contributed by atoms with E-state index >= 15 is 0 Å². The molecule has 5 rings (SSSR count). The number of halogens is 4. The Hall–Kier alpha value is -3.84. The summed E-state index contributed by atoms with van der Waals surface area (Å²) in [6.45, 7) is 2.02. The molecule has 2 N–H and O–H groups in total. The minimum Gasteiger partial charge on any atom is -0.353 e. The third-order valence-electron chi connectivity index (χ3n) is 6.31. The molecule has 0 saturated heterocycles. The van der Waals surface area contributed by atoms with E-state index in [1.165, 1.54) is 0 Å². The van der Waals surface area contributed by atoms with Crippen molar-refractivity contribution < 1.29 is 18.0 Å². The van der Waals surface area contributed by atoms with Crippen LogP contribution in [0.2, 0.25) is 5.02 Å². The highest BCUT2D eigenvalue weighted by Crippen LogP contribution is 2.35. The number of aromatic amines is 1. The quantitative estimate of drug-likeness (QED) is 0.236. The standard InChI is InChI=1S/C29H23ClF3N3O/c1-17-9-13-24-21(15-17)20(28(36-24)25-14-10-18-5-2-3-7-23(18)34-25)6-4-8-27(37)35-26-16-19(29(31,32)33)11-12-22(26)30/h2-3,5,7,9-16,36H,4,6,8H2,1H3,(H,35,37). The highest BCUT2D eigenvalue weighted by molar-refractivity contribution is 6.33. The van der Waals surface area contributed by atoms with E-state index in [0.717, 1.165) is 62.5 Å². The molecule has 2 heterocycles. The highest BCUT2D eigenvalue weighted by Gasteiger charge is 2.31. The molecule has 8 heteroatoms. The second-order valence-corrected chi connectivity index (χ2v) is 9.42. The molecule has 1 amide bonds. The van der Waals surface area contributed by atoms with E-state index < -0.39 is 17.6 Å². The molecule has 0 radical (unpaired) electrons. The molecule has 4 nitrogen and oxygen atoms in total. The van der Waals surface area contributed by atoms with Gasteiger partial charge in [-0.15, -0.1) is 0 Å². The van der Waals surface area contributed by atoms with Crippen LogP contribution in [0, 0.1) is 6.92 Å². The van der Waals surface area contributed by atoms with Crippen LogP contribution < -0.4 is 5.32 Å². The predicted octanol–water partition coefficient (Wildman–Crippen LogP) is 8.33. The highest BCUT2D eigenvalue weighted by atomic mass is 35.5. The third kappa shape index (κ3) is 5.32. The van der Waals surface area contributed by atoms with Crippen molar-refractivity contribution in [2.75, 3.05) is 5.32 Å². The van der Waals surface area contributed by atoms with Crippen LogP contribution in [0.1, 0.15) is 29.5 Å². The zero-order valence-corrected chi connectivity index (χ0v) is 20.7. The molecule has 0 spiro atoms. The van der Waals surface area contributed by atoms with E-state index in [1.54, 1.807) is 0 Å². The predicted molar refractivity (Wildman–Crippen MR) is 142 cm³/mol. The molecule has 0 aliphatic heterocycles. The topological polar surface area (TPSA) is 57.8 Å². The molecular weight excluding hydrogens is 499 g/mol. The number of nitrogens with zero attached hydrogens (tertiary/aromatic N) is 1. The Kier molecular flexibility index (Phi) is 6.65. The van der Waals surface area contributed by atoms with Crippen molar-refractivity contribution in [2.45, 2.75) is 32.4 Å². The zero-order chi connectivity index (χ0) is 26.2. The SMILES string of the molecule is Cc1ccc2[nH]c(-c3ccc4ccccc4n3)c(CCCC(=O)Nc3cc(C(F)(F)F)ccc3Cl)c2c1. The number of carbonyl (C=O) groups is 1. The Bertz CT molecular complexity index is 1620. The smallest absolute Gasteiger partial charge is 0.353 e. The van der Waals surface area contributed by atoms with Gasteiger partial charge in [0.25, 0.3) is 0 Å². The fourth-order valence-electron chi connectivity index (χ4n) is 4.48. The van der Waals surface area contributed by atoms with Gasteiger partial charge in [-0.3, -0.25) is 4.79 Å². The lowest BCUT2D eigenvalue weighted by Crippen LogP contribution is -2.13. The molecule has 5 aromatic rings. The molecule has 0 aliphatic carbocycles. The number of hydrogen-bond acceptors (Lipinski definition) is 2. The summed E-state index contributed by atoms with van der Waals surface area (Å²) in [6.07, 6.45) is -3.33. The average Bonchev–Trinajstić information content (AvgIpc) is 3.22. The van der Waals surface area contributed by atoms with E-state index in [1.807, 2.05) is 55.5 Å². The lowest BCUT2D eigenvalue weighted by atomic mass is 10.0. The first-order chi connectivity index (χ1) is 17.7. The Morgan fingerprint density at radius 3 is 2.65 bits per heavy atom. The van der Waals surface area contributed by atoms with Gasteiger partial charge in [0, 0.05) is 22.7 Å². The molecule has 0 aliphatic rings. The summed E-state index contributed by atoms with van der Waals surface area (Å²) >= 11 is 6.02. The number of benzene rings is 3. The van der Waals surface area contributed by atoms with E-state index in [2.05, 4.69) is 16.4 Å². The fraction of sp³-hybridized carbons (Fsp3) is 0.172. The summed E-state index contributed by atoms with van der Waals surface area (Å²) in [5, 5.41) is 4.69. The summed E-state index contributed by atoms with van der Waals surface area (Å²) in [5.74, 6) is -0.400. The molecule has 0 saturated carbocycles. The summed E-state index contributed by atoms with van der Waals surface area (Å²) in [4.78, 5) is 20.9. The van der Waals surface area contributed by atoms with Crippen LogP contribution in [0.4, 0.5) is 18.9 Å². The van der Waals surface area contributed by atoms with Crippen molar-refractivity contribution in [3.8, 4) is 11.4 Å². The van der Waals surface area contributed by atoms with Crippen molar-refractivity contribution >= 4 is 45.0 Å². The molecule has 0 bridgehead atoms. The first kappa shape index (κ1) is 24.8. The summed E-state index contributed by atoms with van der Waals surface area (Å²) in [7, 11) is 0. The van der Waals surface area contributed by atoms with E-state index in [-0.39, 0.29) is 17.1 Å². The number of nitrogens with one attached hydrogen (secondary N) is 2. The number of aromatic nitrogens is 2. The summed E-state index contributed by atoms with van der Waals surface area (Å²) < 4.78 is 39.2. The van der Waals surface area contributed by atoms with Crippen LogP contribution in [-0.2, 0) is 17.4 Å². The molecule has 0 unspecified atom stereocenters.